The second-order valence-electron chi connectivity index (χ2n) is 4.18. The van der Waals surface area contributed by atoms with Crippen LogP contribution in [0.3, 0.4) is 0 Å². The molecule has 0 radical (unpaired) electrons. The van der Waals surface area contributed by atoms with Gasteiger partial charge in [-0.3, -0.25) is 4.79 Å². The third-order valence-corrected chi connectivity index (χ3v) is 3.13. The average Bonchev–Trinajstić information content (AvgIpc) is 2.34. The van der Waals surface area contributed by atoms with Gasteiger partial charge in [0.05, 0.1) is 5.56 Å². The third kappa shape index (κ3) is 2.36. The molecule has 0 amide bonds. The highest BCUT2D eigenvalue weighted by Gasteiger charge is 2.34. The lowest BCUT2D eigenvalue weighted by Crippen LogP contribution is -2.37. The topological polar surface area (TPSA) is 26.3 Å². The first-order valence-electron chi connectivity index (χ1n) is 5.42. The smallest absolute Gasteiger partial charge is 0.197 e. The van der Waals surface area contributed by atoms with Gasteiger partial charge in [0.2, 0.25) is 0 Å². The number of methoxy groups -OCH3 is 1. The van der Waals surface area contributed by atoms with E-state index in [1.165, 1.54) is 26.2 Å². The third-order valence-electron chi connectivity index (χ3n) is 3.13. The van der Waals surface area contributed by atoms with Crippen molar-refractivity contribution in [1.82, 2.24) is 0 Å². The fourth-order valence-corrected chi connectivity index (χ4v) is 1.50. The maximum Gasteiger partial charge on any atom is 0.197 e. The van der Waals surface area contributed by atoms with Crippen LogP contribution in [0, 0.1) is 18.6 Å². The lowest BCUT2D eigenvalue weighted by atomic mass is 9.91. The molecule has 0 aliphatic rings. The van der Waals surface area contributed by atoms with Gasteiger partial charge >= 0.3 is 0 Å². The molecule has 1 aromatic rings. The molecule has 0 aromatic heterocycles. The Labute approximate surface area is 99.6 Å². The largest absolute Gasteiger partial charge is 0.370 e. The fourth-order valence-electron chi connectivity index (χ4n) is 1.50. The van der Waals surface area contributed by atoms with Crippen LogP contribution < -0.4 is 0 Å². The van der Waals surface area contributed by atoms with Gasteiger partial charge in [-0.15, -0.1) is 0 Å². The number of hydrogen-bond donors (Lipinski definition) is 0. The number of hydrogen-bond acceptors (Lipinski definition) is 2. The van der Waals surface area contributed by atoms with E-state index in [9.17, 15) is 13.6 Å². The zero-order chi connectivity index (χ0) is 13.2. The maximum absolute atomic E-state index is 13.7. The van der Waals surface area contributed by atoms with Crippen LogP contribution in [-0.2, 0) is 4.74 Å². The van der Waals surface area contributed by atoms with Gasteiger partial charge in [0.1, 0.15) is 5.60 Å². The summed E-state index contributed by atoms with van der Waals surface area (Å²) in [4.78, 5) is 12.1. The van der Waals surface area contributed by atoms with Crippen molar-refractivity contribution in [3.63, 3.8) is 0 Å². The lowest BCUT2D eigenvalue weighted by Gasteiger charge is -2.25. The molecule has 94 valence electrons. The van der Waals surface area contributed by atoms with Gasteiger partial charge in [-0.2, -0.15) is 0 Å². The number of aryl methyl sites for hydroxylation is 1. The monoisotopic (exact) mass is 242 g/mol. The Balaban J connectivity index is 3.27. The Morgan fingerprint density at radius 2 is 1.94 bits per heavy atom. The molecule has 1 atom stereocenters. The number of rotatable bonds is 4. The first-order chi connectivity index (χ1) is 7.87. The molecule has 0 aliphatic heterocycles. The van der Waals surface area contributed by atoms with Gasteiger partial charge in [-0.05, 0) is 31.9 Å². The number of ketones is 1. The van der Waals surface area contributed by atoms with E-state index >= 15 is 0 Å². The van der Waals surface area contributed by atoms with Gasteiger partial charge < -0.3 is 4.74 Å². The number of ether oxygens (including phenoxy) is 1. The summed E-state index contributed by atoms with van der Waals surface area (Å²) in [5, 5.41) is 0. The molecule has 0 saturated carbocycles. The first-order valence-corrected chi connectivity index (χ1v) is 5.42. The Hall–Kier alpha value is -1.29. The van der Waals surface area contributed by atoms with Crippen LogP contribution in [0.4, 0.5) is 8.78 Å². The molecule has 0 spiro atoms. The van der Waals surface area contributed by atoms with Gasteiger partial charge in [-0.25, -0.2) is 8.78 Å². The molecule has 0 saturated heterocycles. The highest BCUT2D eigenvalue weighted by molar-refractivity contribution is 6.02. The molecule has 0 N–H and O–H groups in total. The van der Waals surface area contributed by atoms with Crippen LogP contribution in [0.15, 0.2) is 12.1 Å². The van der Waals surface area contributed by atoms with Gasteiger partial charge in [0, 0.05) is 7.11 Å². The number of Topliss-reactive ketones (excluding diaryl/α,β-unsaturated/α-hetero) is 1. The zero-order valence-corrected chi connectivity index (χ0v) is 10.4. The molecule has 1 aromatic carbocycles. The maximum atomic E-state index is 13.7. The van der Waals surface area contributed by atoms with Crippen LogP contribution in [0.1, 0.15) is 36.2 Å². The van der Waals surface area contributed by atoms with Crippen molar-refractivity contribution in [3.8, 4) is 0 Å². The van der Waals surface area contributed by atoms with Crippen LogP contribution >= 0.6 is 0 Å². The Morgan fingerprint density at radius 1 is 1.35 bits per heavy atom. The molecular weight excluding hydrogens is 226 g/mol. The molecule has 0 aliphatic carbocycles. The Bertz CT molecular complexity index is 437. The number of halogens is 2. The van der Waals surface area contributed by atoms with E-state index in [1.807, 2.05) is 0 Å². The van der Waals surface area contributed by atoms with Gasteiger partial charge in [0.15, 0.2) is 17.4 Å². The quantitative estimate of drug-likeness (QED) is 0.757. The second kappa shape index (κ2) is 4.92. The van der Waals surface area contributed by atoms with Crippen LogP contribution in [0.25, 0.3) is 0 Å². The van der Waals surface area contributed by atoms with E-state index in [0.717, 1.165) is 0 Å². The van der Waals surface area contributed by atoms with Crippen LogP contribution in [0.5, 0.6) is 0 Å². The van der Waals surface area contributed by atoms with E-state index < -0.39 is 23.0 Å². The average molecular weight is 242 g/mol. The minimum absolute atomic E-state index is 0.176. The molecule has 0 heterocycles. The van der Waals surface area contributed by atoms with Crippen LogP contribution in [0.2, 0.25) is 0 Å². The summed E-state index contributed by atoms with van der Waals surface area (Å²) in [6.07, 6.45) is 0.386. The van der Waals surface area contributed by atoms with Crippen molar-refractivity contribution >= 4 is 5.78 Å². The number of carbonyl (C=O) groups is 1. The normalized spacial score (nSPS) is 14.5. The summed E-state index contributed by atoms with van der Waals surface area (Å²) in [6, 6.07) is 2.68. The van der Waals surface area contributed by atoms with E-state index in [0.29, 0.717) is 6.42 Å². The first kappa shape index (κ1) is 13.8. The summed E-state index contributed by atoms with van der Waals surface area (Å²) < 4.78 is 32.1. The minimum Gasteiger partial charge on any atom is -0.370 e. The summed E-state index contributed by atoms with van der Waals surface area (Å²) in [7, 11) is 1.38. The molecule has 0 fully saturated rings. The summed E-state index contributed by atoms with van der Waals surface area (Å²) in [6.45, 7) is 4.76. The standard InChI is InChI=1S/C13H16F2O2/c1-5-13(3,17-4)12(16)9-7-6-8(2)10(14)11(9)15/h6-7H,5H2,1-4H3. The van der Waals surface area contributed by atoms with E-state index in [1.54, 1.807) is 13.8 Å². The Kier molecular flexibility index (Phi) is 3.98. The predicted octanol–water partition coefficient (Wildman–Crippen LogP) is 3.27. The Morgan fingerprint density at radius 3 is 2.41 bits per heavy atom. The molecular formula is C13H16F2O2. The van der Waals surface area contributed by atoms with Crippen molar-refractivity contribution in [1.29, 1.82) is 0 Å². The van der Waals surface area contributed by atoms with E-state index in [-0.39, 0.29) is 11.1 Å². The second-order valence-corrected chi connectivity index (χ2v) is 4.18. The lowest BCUT2D eigenvalue weighted by molar-refractivity contribution is 0.0102. The van der Waals surface area contributed by atoms with E-state index in [4.69, 9.17) is 4.74 Å². The highest BCUT2D eigenvalue weighted by Crippen LogP contribution is 2.24. The SMILES string of the molecule is CCC(C)(OC)C(=O)c1ccc(C)c(F)c1F. The molecule has 0 bridgehead atoms. The van der Waals surface area contributed by atoms with Crippen molar-refractivity contribution in [2.45, 2.75) is 32.8 Å². The number of carbonyl (C=O) groups excluding carboxylic acids is 1. The summed E-state index contributed by atoms with van der Waals surface area (Å²) in [5.41, 5.74) is -1.21. The van der Waals surface area contributed by atoms with Crippen molar-refractivity contribution in [2.75, 3.05) is 7.11 Å². The van der Waals surface area contributed by atoms with Crippen molar-refractivity contribution in [2.24, 2.45) is 0 Å². The molecule has 4 heteroatoms. The zero-order valence-electron chi connectivity index (χ0n) is 10.4. The van der Waals surface area contributed by atoms with Gasteiger partial charge in [0.25, 0.3) is 0 Å². The fraction of sp³-hybridized carbons (Fsp3) is 0.462. The summed E-state index contributed by atoms with van der Waals surface area (Å²) in [5.74, 6) is -2.63. The van der Waals surface area contributed by atoms with Crippen molar-refractivity contribution < 1.29 is 18.3 Å². The molecule has 17 heavy (non-hydrogen) atoms. The van der Waals surface area contributed by atoms with Crippen molar-refractivity contribution in [3.05, 3.63) is 34.9 Å². The highest BCUT2D eigenvalue weighted by atomic mass is 19.2. The molecule has 1 unspecified atom stereocenters. The predicted molar refractivity (Wildman–Crippen MR) is 61.1 cm³/mol. The summed E-state index contributed by atoms with van der Waals surface area (Å²) >= 11 is 0. The van der Waals surface area contributed by atoms with Crippen LogP contribution in [-0.4, -0.2) is 18.5 Å². The van der Waals surface area contributed by atoms with Gasteiger partial charge in [-0.1, -0.05) is 13.0 Å². The molecule has 2 nitrogen and oxygen atoms in total. The van der Waals surface area contributed by atoms with E-state index in [2.05, 4.69) is 0 Å². The minimum atomic E-state index is -1.12. The molecule has 1 rings (SSSR count). The number of benzene rings is 1.